The molecule has 0 radical (unpaired) electrons. The van der Waals surface area contributed by atoms with E-state index in [9.17, 15) is 4.79 Å². The number of amides is 1. The van der Waals surface area contributed by atoms with Crippen LogP contribution in [0.2, 0.25) is 0 Å². The van der Waals surface area contributed by atoms with Crippen molar-refractivity contribution in [2.45, 2.75) is 13.8 Å². The summed E-state index contributed by atoms with van der Waals surface area (Å²) in [6, 6.07) is 7.48. The number of benzene rings is 1. The predicted molar refractivity (Wildman–Crippen MR) is 86.3 cm³/mol. The van der Waals surface area contributed by atoms with Gasteiger partial charge >= 0.3 is 0 Å². The average molecular weight is 286 g/mol. The normalized spacial score (nSPS) is 10.6. The van der Waals surface area contributed by atoms with Crippen molar-refractivity contribution >= 4 is 11.9 Å². The highest BCUT2D eigenvalue weighted by Crippen LogP contribution is 2.03. The van der Waals surface area contributed by atoms with Gasteiger partial charge in [-0.2, -0.15) is 0 Å². The van der Waals surface area contributed by atoms with E-state index in [0.29, 0.717) is 31.2 Å². The van der Waals surface area contributed by atoms with Crippen molar-refractivity contribution < 1.29 is 4.79 Å². The van der Waals surface area contributed by atoms with E-state index in [0.717, 1.165) is 12.1 Å². The fourth-order valence-corrected chi connectivity index (χ4v) is 1.70. The minimum atomic E-state index is -0.0875. The van der Waals surface area contributed by atoms with Gasteiger partial charge in [-0.1, -0.05) is 23.6 Å². The maximum absolute atomic E-state index is 11.9. The zero-order valence-corrected chi connectivity index (χ0v) is 12.6. The Morgan fingerprint density at radius 3 is 2.81 bits per heavy atom. The van der Waals surface area contributed by atoms with Crippen LogP contribution in [-0.4, -0.2) is 38.0 Å². The number of guanidine groups is 1. The lowest BCUT2D eigenvalue weighted by Crippen LogP contribution is -2.38. The topological polar surface area (TPSA) is 65.5 Å². The van der Waals surface area contributed by atoms with E-state index in [1.165, 1.54) is 0 Å². The molecule has 0 aliphatic carbocycles. The van der Waals surface area contributed by atoms with Gasteiger partial charge < -0.3 is 16.0 Å². The van der Waals surface area contributed by atoms with Gasteiger partial charge in [0.1, 0.15) is 0 Å². The highest BCUT2D eigenvalue weighted by Gasteiger charge is 2.04. The SMILES string of the molecule is C#CCNC(=NCCNC(=O)c1cccc(C)c1)NCC. The van der Waals surface area contributed by atoms with Gasteiger partial charge in [0.05, 0.1) is 13.1 Å². The summed E-state index contributed by atoms with van der Waals surface area (Å²) < 4.78 is 0. The molecule has 1 amide bonds. The maximum Gasteiger partial charge on any atom is 0.251 e. The highest BCUT2D eigenvalue weighted by molar-refractivity contribution is 5.94. The molecule has 1 aromatic carbocycles. The van der Waals surface area contributed by atoms with Crippen molar-refractivity contribution in [2.75, 3.05) is 26.2 Å². The second-order valence-corrected chi connectivity index (χ2v) is 4.44. The Morgan fingerprint density at radius 1 is 1.33 bits per heavy atom. The molecule has 21 heavy (non-hydrogen) atoms. The molecule has 0 heterocycles. The van der Waals surface area contributed by atoms with Crippen LogP contribution < -0.4 is 16.0 Å². The van der Waals surface area contributed by atoms with Gasteiger partial charge in [-0.3, -0.25) is 9.79 Å². The number of nitrogens with zero attached hydrogens (tertiary/aromatic N) is 1. The Morgan fingerprint density at radius 2 is 2.14 bits per heavy atom. The summed E-state index contributed by atoms with van der Waals surface area (Å²) >= 11 is 0. The molecule has 0 bridgehead atoms. The minimum Gasteiger partial charge on any atom is -0.357 e. The smallest absolute Gasteiger partial charge is 0.251 e. The largest absolute Gasteiger partial charge is 0.357 e. The molecule has 1 aromatic rings. The summed E-state index contributed by atoms with van der Waals surface area (Å²) in [5.41, 5.74) is 1.73. The third kappa shape index (κ3) is 6.48. The number of hydrogen-bond donors (Lipinski definition) is 3. The van der Waals surface area contributed by atoms with Crippen LogP contribution in [0.1, 0.15) is 22.8 Å². The Hall–Kier alpha value is -2.48. The van der Waals surface area contributed by atoms with Crippen molar-refractivity contribution in [1.29, 1.82) is 0 Å². The number of terminal acetylenes is 1. The molecule has 0 aliphatic heterocycles. The minimum absolute atomic E-state index is 0.0875. The molecule has 0 fully saturated rings. The Labute approximate surface area is 126 Å². The molecule has 5 heteroatoms. The van der Waals surface area contributed by atoms with Crippen LogP contribution in [0, 0.1) is 19.3 Å². The first-order valence-electron chi connectivity index (χ1n) is 6.98. The lowest BCUT2D eigenvalue weighted by atomic mass is 10.1. The number of aliphatic imine (C=N–C) groups is 1. The van der Waals surface area contributed by atoms with Crippen LogP contribution in [0.25, 0.3) is 0 Å². The standard InChI is InChI=1S/C16H22N4O/c1-4-9-19-16(17-5-2)20-11-10-18-15(21)14-8-6-7-13(3)12-14/h1,6-8,12H,5,9-11H2,2-3H3,(H,18,21)(H2,17,19,20). The molecule has 0 aromatic heterocycles. The third-order valence-electron chi connectivity index (χ3n) is 2.65. The predicted octanol–water partition coefficient (Wildman–Crippen LogP) is 0.913. The summed E-state index contributed by atoms with van der Waals surface area (Å²) in [6.07, 6.45) is 5.19. The lowest BCUT2D eigenvalue weighted by molar-refractivity contribution is 0.0954. The summed E-state index contributed by atoms with van der Waals surface area (Å²) in [7, 11) is 0. The van der Waals surface area contributed by atoms with Gasteiger partial charge in [0, 0.05) is 18.7 Å². The highest BCUT2D eigenvalue weighted by atomic mass is 16.1. The first kappa shape index (κ1) is 16.6. The van der Waals surface area contributed by atoms with Crippen LogP contribution in [0.3, 0.4) is 0 Å². The van der Waals surface area contributed by atoms with Gasteiger partial charge in [0.15, 0.2) is 5.96 Å². The zero-order valence-electron chi connectivity index (χ0n) is 12.6. The number of aryl methyl sites for hydroxylation is 1. The van der Waals surface area contributed by atoms with Gasteiger partial charge in [-0.15, -0.1) is 6.42 Å². The number of hydrogen-bond acceptors (Lipinski definition) is 2. The number of nitrogens with one attached hydrogen (secondary N) is 3. The first-order chi connectivity index (χ1) is 10.2. The van der Waals surface area contributed by atoms with Crippen molar-refractivity contribution in [3.63, 3.8) is 0 Å². The van der Waals surface area contributed by atoms with Crippen LogP contribution in [0.4, 0.5) is 0 Å². The molecule has 112 valence electrons. The lowest BCUT2D eigenvalue weighted by Gasteiger charge is -2.09. The van der Waals surface area contributed by atoms with E-state index < -0.39 is 0 Å². The molecule has 0 saturated heterocycles. The molecule has 5 nitrogen and oxygen atoms in total. The van der Waals surface area contributed by atoms with E-state index >= 15 is 0 Å². The first-order valence-corrected chi connectivity index (χ1v) is 6.98. The monoisotopic (exact) mass is 286 g/mol. The van der Waals surface area contributed by atoms with Crippen LogP contribution in [0.15, 0.2) is 29.3 Å². The molecule has 0 unspecified atom stereocenters. The molecular formula is C16H22N4O. The van der Waals surface area contributed by atoms with E-state index in [-0.39, 0.29) is 5.91 Å². The summed E-state index contributed by atoms with van der Waals surface area (Å²) in [4.78, 5) is 16.2. The molecular weight excluding hydrogens is 264 g/mol. The molecule has 0 atom stereocenters. The summed E-state index contributed by atoms with van der Waals surface area (Å²) in [5.74, 6) is 3.06. The Balaban J connectivity index is 2.41. The van der Waals surface area contributed by atoms with Crippen LogP contribution in [-0.2, 0) is 0 Å². The molecule has 1 rings (SSSR count). The van der Waals surface area contributed by atoms with E-state index in [1.54, 1.807) is 6.07 Å². The van der Waals surface area contributed by atoms with Crippen LogP contribution in [0.5, 0.6) is 0 Å². The Bertz CT molecular complexity index is 531. The maximum atomic E-state index is 11.9. The fourth-order valence-electron chi connectivity index (χ4n) is 1.70. The molecule has 3 N–H and O–H groups in total. The second kappa shape index (κ2) is 9.43. The average Bonchev–Trinajstić information content (AvgIpc) is 2.48. The van der Waals surface area contributed by atoms with Gasteiger partial charge in [-0.25, -0.2) is 0 Å². The van der Waals surface area contributed by atoms with Gasteiger partial charge in [0.25, 0.3) is 5.91 Å². The fraction of sp³-hybridized carbons (Fsp3) is 0.375. The van der Waals surface area contributed by atoms with Gasteiger partial charge in [-0.05, 0) is 26.0 Å². The molecule has 0 saturated carbocycles. The molecule has 0 aliphatic rings. The second-order valence-electron chi connectivity index (χ2n) is 4.44. The zero-order chi connectivity index (χ0) is 15.5. The molecule has 0 spiro atoms. The number of carbonyl (C=O) groups is 1. The third-order valence-corrected chi connectivity index (χ3v) is 2.65. The summed E-state index contributed by atoms with van der Waals surface area (Å²) in [5, 5.41) is 8.90. The van der Waals surface area contributed by atoms with Crippen molar-refractivity contribution in [3.05, 3.63) is 35.4 Å². The summed E-state index contributed by atoms with van der Waals surface area (Å²) in [6.45, 7) is 6.07. The number of carbonyl (C=O) groups excluding carboxylic acids is 1. The van der Waals surface area contributed by atoms with Crippen molar-refractivity contribution in [1.82, 2.24) is 16.0 Å². The quantitative estimate of drug-likeness (QED) is 0.315. The van der Waals surface area contributed by atoms with E-state index in [4.69, 9.17) is 6.42 Å². The van der Waals surface area contributed by atoms with Gasteiger partial charge in [0.2, 0.25) is 0 Å². The van der Waals surface area contributed by atoms with E-state index in [2.05, 4.69) is 26.9 Å². The number of rotatable bonds is 6. The van der Waals surface area contributed by atoms with Crippen LogP contribution >= 0.6 is 0 Å². The Kier molecular flexibility index (Phi) is 7.44. The van der Waals surface area contributed by atoms with E-state index in [1.807, 2.05) is 32.0 Å². The van der Waals surface area contributed by atoms with Crippen molar-refractivity contribution in [2.24, 2.45) is 4.99 Å². The van der Waals surface area contributed by atoms with Crippen molar-refractivity contribution in [3.8, 4) is 12.3 Å².